The van der Waals surface area contributed by atoms with Crippen LogP contribution < -0.4 is 5.73 Å². The summed E-state index contributed by atoms with van der Waals surface area (Å²) in [6, 6.07) is 9.39. The summed E-state index contributed by atoms with van der Waals surface area (Å²) < 4.78 is 5.10. The van der Waals surface area contributed by atoms with Crippen LogP contribution in [-0.2, 0) is 16.0 Å². The Hall–Kier alpha value is -1.39. The molecule has 1 unspecified atom stereocenters. The molecule has 1 aromatic rings. The summed E-state index contributed by atoms with van der Waals surface area (Å²) in [6.07, 6.45) is 0.565. The van der Waals surface area contributed by atoms with Crippen molar-refractivity contribution in [2.45, 2.75) is 32.4 Å². The van der Waals surface area contributed by atoms with E-state index < -0.39 is 6.04 Å². The van der Waals surface area contributed by atoms with Crippen molar-refractivity contribution < 1.29 is 9.53 Å². The van der Waals surface area contributed by atoms with Gasteiger partial charge >= 0.3 is 0 Å². The van der Waals surface area contributed by atoms with Crippen LogP contribution in [0.1, 0.15) is 19.4 Å². The lowest BCUT2D eigenvalue weighted by atomic mass is 10.1. The summed E-state index contributed by atoms with van der Waals surface area (Å²) in [5.41, 5.74) is 7.11. The van der Waals surface area contributed by atoms with Gasteiger partial charge in [-0.05, 0) is 25.8 Å². The van der Waals surface area contributed by atoms with Crippen molar-refractivity contribution in [3.05, 3.63) is 35.9 Å². The Morgan fingerprint density at radius 2 is 2.00 bits per heavy atom. The highest BCUT2D eigenvalue weighted by molar-refractivity contribution is 5.82. The van der Waals surface area contributed by atoms with Crippen molar-refractivity contribution in [3.8, 4) is 0 Å². The van der Waals surface area contributed by atoms with Crippen LogP contribution in [0.4, 0.5) is 0 Å². The first-order valence-corrected chi connectivity index (χ1v) is 6.69. The van der Waals surface area contributed by atoms with Gasteiger partial charge in [-0.15, -0.1) is 0 Å². The molecule has 19 heavy (non-hydrogen) atoms. The van der Waals surface area contributed by atoms with E-state index in [1.54, 1.807) is 12.0 Å². The van der Waals surface area contributed by atoms with Crippen LogP contribution in [0.5, 0.6) is 0 Å². The predicted octanol–water partition coefficient (Wildman–Crippen LogP) is 1.44. The minimum Gasteiger partial charge on any atom is -0.383 e. The molecular formula is C15H24N2O2. The number of carbonyl (C=O) groups is 1. The van der Waals surface area contributed by atoms with Crippen LogP contribution in [0.25, 0.3) is 0 Å². The van der Waals surface area contributed by atoms with Gasteiger partial charge in [-0.2, -0.15) is 0 Å². The van der Waals surface area contributed by atoms with Crippen molar-refractivity contribution in [2.24, 2.45) is 5.73 Å². The smallest absolute Gasteiger partial charge is 0.240 e. The van der Waals surface area contributed by atoms with E-state index in [1.165, 1.54) is 0 Å². The number of methoxy groups -OCH3 is 1. The Kier molecular flexibility index (Phi) is 6.53. The molecule has 2 N–H and O–H groups in total. The van der Waals surface area contributed by atoms with E-state index in [0.717, 1.165) is 5.56 Å². The monoisotopic (exact) mass is 264 g/mol. The molecule has 0 saturated heterocycles. The minimum absolute atomic E-state index is 0.0177. The fraction of sp³-hybridized carbons (Fsp3) is 0.533. The molecule has 1 rings (SSSR count). The zero-order chi connectivity index (χ0) is 14.3. The summed E-state index contributed by atoms with van der Waals surface area (Å²) in [7, 11) is 1.64. The number of benzene rings is 1. The molecule has 0 aliphatic heterocycles. The largest absolute Gasteiger partial charge is 0.383 e. The van der Waals surface area contributed by atoms with E-state index in [2.05, 4.69) is 0 Å². The Morgan fingerprint density at radius 1 is 1.37 bits per heavy atom. The third-order valence-corrected chi connectivity index (χ3v) is 3.18. The summed E-state index contributed by atoms with van der Waals surface area (Å²) >= 11 is 0. The van der Waals surface area contributed by atoms with Gasteiger partial charge in [0.15, 0.2) is 0 Å². The fourth-order valence-electron chi connectivity index (χ4n) is 2.18. The molecule has 0 bridgehead atoms. The molecule has 0 aromatic heterocycles. The molecule has 1 amide bonds. The summed E-state index contributed by atoms with van der Waals surface area (Å²) in [5, 5.41) is 0. The van der Waals surface area contributed by atoms with Gasteiger partial charge in [0.2, 0.25) is 5.91 Å². The second-order valence-electron chi connectivity index (χ2n) is 4.72. The molecule has 0 heterocycles. The van der Waals surface area contributed by atoms with Crippen molar-refractivity contribution in [3.63, 3.8) is 0 Å². The van der Waals surface area contributed by atoms with E-state index in [1.807, 2.05) is 44.2 Å². The van der Waals surface area contributed by atoms with Crippen LogP contribution >= 0.6 is 0 Å². The third kappa shape index (κ3) is 4.65. The van der Waals surface area contributed by atoms with Gasteiger partial charge in [0, 0.05) is 13.7 Å². The number of ether oxygens (including phenoxy) is 1. The second kappa shape index (κ2) is 7.92. The van der Waals surface area contributed by atoms with Gasteiger partial charge in [0.05, 0.1) is 18.7 Å². The van der Waals surface area contributed by atoms with Crippen molar-refractivity contribution in [1.82, 2.24) is 4.90 Å². The fourth-order valence-corrected chi connectivity index (χ4v) is 2.18. The summed E-state index contributed by atoms with van der Waals surface area (Å²) in [4.78, 5) is 14.1. The molecule has 0 fully saturated rings. The highest BCUT2D eigenvalue weighted by Crippen LogP contribution is 2.07. The molecule has 0 aliphatic carbocycles. The molecule has 1 aromatic carbocycles. The molecule has 2 atom stereocenters. The van der Waals surface area contributed by atoms with E-state index in [9.17, 15) is 4.79 Å². The lowest BCUT2D eigenvalue weighted by Crippen LogP contribution is -2.49. The normalized spacial score (nSPS) is 13.9. The number of likely N-dealkylation sites (N-methyl/N-ethyl adjacent to an activating group) is 1. The number of nitrogens with two attached hydrogens (primary N) is 1. The van der Waals surface area contributed by atoms with E-state index in [-0.39, 0.29) is 11.9 Å². The predicted molar refractivity (Wildman–Crippen MR) is 76.8 cm³/mol. The molecule has 0 spiro atoms. The first-order chi connectivity index (χ1) is 9.10. The standard InChI is InChI=1S/C15H24N2O2/c1-4-17(12(2)11-19-3)15(18)14(16)10-13-8-6-5-7-9-13/h5-9,12,14H,4,10-11,16H2,1-3H3/t12?,14-/m0/s1. The average Bonchev–Trinajstić information content (AvgIpc) is 2.40. The maximum atomic E-state index is 12.3. The third-order valence-electron chi connectivity index (χ3n) is 3.18. The number of nitrogens with zero attached hydrogens (tertiary/aromatic N) is 1. The second-order valence-corrected chi connectivity index (χ2v) is 4.72. The van der Waals surface area contributed by atoms with Crippen LogP contribution in [0.3, 0.4) is 0 Å². The van der Waals surface area contributed by atoms with Gasteiger partial charge in [-0.25, -0.2) is 0 Å². The molecule has 4 nitrogen and oxygen atoms in total. The molecular weight excluding hydrogens is 240 g/mol. The maximum absolute atomic E-state index is 12.3. The van der Waals surface area contributed by atoms with Crippen LogP contribution in [0.15, 0.2) is 30.3 Å². The van der Waals surface area contributed by atoms with E-state index in [4.69, 9.17) is 10.5 Å². The van der Waals surface area contributed by atoms with Gasteiger partial charge in [-0.1, -0.05) is 30.3 Å². The highest BCUT2D eigenvalue weighted by Gasteiger charge is 2.24. The number of rotatable bonds is 7. The quantitative estimate of drug-likeness (QED) is 0.810. The number of amides is 1. The van der Waals surface area contributed by atoms with Gasteiger partial charge in [0.1, 0.15) is 0 Å². The average molecular weight is 264 g/mol. The first kappa shape index (κ1) is 15.7. The Balaban J connectivity index is 2.64. The topological polar surface area (TPSA) is 55.6 Å². The number of hydrogen-bond acceptors (Lipinski definition) is 3. The van der Waals surface area contributed by atoms with Crippen molar-refractivity contribution >= 4 is 5.91 Å². The Bertz CT molecular complexity index is 381. The maximum Gasteiger partial charge on any atom is 0.240 e. The highest BCUT2D eigenvalue weighted by atomic mass is 16.5. The molecule has 4 heteroatoms. The first-order valence-electron chi connectivity index (χ1n) is 6.69. The molecule has 0 saturated carbocycles. The Labute approximate surface area is 115 Å². The number of carbonyl (C=O) groups excluding carboxylic acids is 1. The summed E-state index contributed by atoms with van der Waals surface area (Å²) in [6.45, 7) is 5.10. The van der Waals surface area contributed by atoms with E-state index in [0.29, 0.717) is 19.6 Å². The molecule has 0 radical (unpaired) electrons. The van der Waals surface area contributed by atoms with Crippen LogP contribution in [0, 0.1) is 0 Å². The van der Waals surface area contributed by atoms with Crippen molar-refractivity contribution in [1.29, 1.82) is 0 Å². The van der Waals surface area contributed by atoms with Crippen LogP contribution in [0.2, 0.25) is 0 Å². The molecule has 106 valence electrons. The van der Waals surface area contributed by atoms with Gasteiger partial charge in [0.25, 0.3) is 0 Å². The van der Waals surface area contributed by atoms with Crippen molar-refractivity contribution in [2.75, 3.05) is 20.3 Å². The van der Waals surface area contributed by atoms with Gasteiger partial charge in [-0.3, -0.25) is 4.79 Å². The lowest BCUT2D eigenvalue weighted by Gasteiger charge is -2.30. The zero-order valence-electron chi connectivity index (χ0n) is 12.0. The lowest BCUT2D eigenvalue weighted by molar-refractivity contribution is -0.135. The minimum atomic E-state index is -0.498. The Morgan fingerprint density at radius 3 is 2.53 bits per heavy atom. The zero-order valence-corrected chi connectivity index (χ0v) is 12.0. The van der Waals surface area contributed by atoms with E-state index >= 15 is 0 Å². The van der Waals surface area contributed by atoms with Gasteiger partial charge < -0.3 is 15.4 Å². The SMILES string of the molecule is CCN(C(=O)[C@@H](N)Cc1ccccc1)C(C)COC. The summed E-state index contributed by atoms with van der Waals surface area (Å²) in [5.74, 6) is -0.0177. The van der Waals surface area contributed by atoms with Crippen LogP contribution in [-0.4, -0.2) is 43.2 Å². The number of hydrogen-bond donors (Lipinski definition) is 1. The molecule has 0 aliphatic rings.